The highest BCUT2D eigenvalue weighted by atomic mass is 32.1. The molecule has 5 nitrogen and oxygen atoms in total. The van der Waals surface area contributed by atoms with Gasteiger partial charge in [0.05, 0.1) is 47.2 Å². The lowest BCUT2D eigenvalue weighted by molar-refractivity contribution is -0.101. The van der Waals surface area contributed by atoms with E-state index in [0.29, 0.717) is 19.8 Å². The number of hydrogen-bond acceptors (Lipinski definition) is 6. The first-order valence-electron chi connectivity index (χ1n) is 6.37. The molecule has 0 saturated carbocycles. The second kappa shape index (κ2) is 5.94. The predicted octanol–water partition coefficient (Wildman–Crippen LogP) is 1.09. The molecule has 1 saturated heterocycles. The van der Waals surface area contributed by atoms with Crippen molar-refractivity contribution in [3.8, 4) is 0 Å². The Labute approximate surface area is 115 Å². The number of nitrogens with two attached hydrogens (primary N) is 1. The van der Waals surface area contributed by atoms with Gasteiger partial charge < -0.3 is 9.47 Å². The molecule has 0 amide bonds. The summed E-state index contributed by atoms with van der Waals surface area (Å²) in [5, 5.41) is 1.07. The predicted molar refractivity (Wildman–Crippen MR) is 75.0 cm³/mol. The fourth-order valence-corrected chi connectivity index (χ4v) is 3.26. The molecule has 1 aromatic carbocycles. The molecule has 3 rings (SSSR count). The highest BCUT2D eigenvalue weighted by molar-refractivity contribution is 7.18. The molecule has 19 heavy (non-hydrogen) atoms. The molecule has 102 valence electrons. The maximum atomic E-state index is 5.69. The zero-order valence-electron chi connectivity index (χ0n) is 10.5. The average molecular weight is 279 g/mol. The fourth-order valence-electron chi connectivity index (χ4n) is 2.23. The molecule has 1 aliphatic heterocycles. The Kier molecular flexibility index (Phi) is 4.05. The van der Waals surface area contributed by atoms with E-state index in [1.54, 1.807) is 11.3 Å². The molecular formula is C13H17N3O2S. The van der Waals surface area contributed by atoms with Gasteiger partial charge in [-0.15, -0.1) is 11.3 Å². The normalized spacial score (nSPS) is 21.6. The molecule has 1 aromatic heterocycles. The molecule has 2 unspecified atom stereocenters. The highest BCUT2D eigenvalue weighted by Gasteiger charge is 2.25. The van der Waals surface area contributed by atoms with E-state index in [4.69, 9.17) is 15.3 Å². The molecule has 6 heteroatoms. The summed E-state index contributed by atoms with van der Waals surface area (Å²) in [5.41, 5.74) is 3.87. The molecule has 0 bridgehead atoms. The third-order valence-corrected chi connectivity index (χ3v) is 4.30. The SMILES string of the molecule is NNC(Cc1nc2ccccc2s1)C1COCCO1. The van der Waals surface area contributed by atoms with Crippen LogP contribution in [0.1, 0.15) is 5.01 Å². The van der Waals surface area contributed by atoms with Crippen molar-refractivity contribution in [3.63, 3.8) is 0 Å². The summed E-state index contributed by atoms with van der Waals surface area (Å²) >= 11 is 1.70. The second-order valence-corrected chi connectivity index (χ2v) is 5.65. The molecule has 2 heterocycles. The van der Waals surface area contributed by atoms with E-state index in [9.17, 15) is 0 Å². The largest absolute Gasteiger partial charge is 0.376 e. The van der Waals surface area contributed by atoms with Crippen molar-refractivity contribution >= 4 is 21.6 Å². The van der Waals surface area contributed by atoms with Gasteiger partial charge in [-0.1, -0.05) is 12.1 Å². The fraction of sp³-hybridized carbons (Fsp3) is 0.462. The number of aromatic nitrogens is 1. The van der Waals surface area contributed by atoms with E-state index in [1.807, 2.05) is 18.2 Å². The molecule has 3 N–H and O–H groups in total. The zero-order chi connectivity index (χ0) is 13.1. The van der Waals surface area contributed by atoms with E-state index in [1.165, 1.54) is 4.70 Å². The molecule has 0 spiro atoms. The van der Waals surface area contributed by atoms with Gasteiger partial charge in [-0.25, -0.2) is 4.98 Å². The van der Waals surface area contributed by atoms with Crippen molar-refractivity contribution in [2.75, 3.05) is 19.8 Å². The Hall–Kier alpha value is -1.05. The molecule has 1 aliphatic rings. The van der Waals surface area contributed by atoms with E-state index < -0.39 is 0 Å². The van der Waals surface area contributed by atoms with Crippen molar-refractivity contribution in [3.05, 3.63) is 29.3 Å². The molecule has 1 fully saturated rings. The zero-order valence-corrected chi connectivity index (χ0v) is 11.4. The Morgan fingerprint density at radius 2 is 2.32 bits per heavy atom. The monoisotopic (exact) mass is 279 g/mol. The summed E-state index contributed by atoms with van der Waals surface area (Å²) in [5.74, 6) is 5.64. The van der Waals surface area contributed by atoms with Gasteiger partial charge in [0.15, 0.2) is 0 Å². The van der Waals surface area contributed by atoms with E-state index in [0.717, 1.165) is 16.9 Å². The Morgan fingerprint density at radius 3 is 3.05 bits per heavy atom. The van der Waals surface area contributed by atoms with Crippen LogP contribution in [0.2, 0.25) is 0 Å². The molecule has 0 radical (unpaired) electrons. The topological polar surface area (TPSA) is 69.4 Å². The Bertz CT molecular complexity index is 506. The van der Waals surface area contributed by atoms with Crippen LogP contribution in [0.15, 0.2) is 24.3 Å². The van der Waals surface area contributed by atoms with Crippen LogP contribution in [0.4, 0.5) is 0 Å². The lowest BCUT2D eigenvalue weighted by Gasteiger charge is -2.29. The summed E-state index contributed by atoms with van der Waals surface area (Å²) in [7, 11) is 0. The van der Waals surface area contributed by atoms with Crippen LogP contribution >= 0.6 is 11.3 Å². The van der Waals surface area contributed by atoms with Gasteiger partial charge in [-0.3, -0.25) is 11.3 Å². The number of para-hydroxylation sites is 1. The smallest absolute Gasteiger partial charge is 0.0979 e. The second-order valence-electron chi connectivity index (χ2n) is 4.54. The summed E-state index contributed by atoms with van der Waals surface area (Å²) in [6.07, 6.45) is 0.745. The van der Waals surface area contributed by atoms with Gasteiger partial charge in [-0.05, 0) is 12.1 Å². The number of hydrogen-bond donors (Lipinski definition) is 2. The number of hydrazine groups is 1. The first-order valence-corrected chi connectivity index (χ1v) is 7.18. The van der Waals surface area contributed by atoms with Crippen LogP contribution in [-0.2, 0) is 15.9 Å². The van der Waals surface area contributed by atoms with E-state index >= 15 is 0 Å². The number of thiazole rings is 1. The van der Waals surface area contributed by atoms with E-state index in [-0.39, 0.29) is 12.1 Å². The maximum Gasteiger partial charge on any atom is 0.0979 e. The Morgan fingerprint density at radius 1 is 1.42 bits per heavy atom. The lowest BCUT2D eigenvalue weighted by atomic mass is 10.1. The number of benzene rings is 1. The van der Waals surface area contributed by atoms with Crippen molar-refractivity contribution < 1.29 is 9.47 Å². The maximum absolute atomic E-state index is 5.69. The number of rotatable bonds is 4. The minimum atomic E-state index is -0.00855. The third kappa shape index (κ3) is 2.93. The standard InChI is InChI=1S/C13H17N3O2S/c14-16-10(11-8-17-5-6-18-11)7-13-15-9-3-1-2-4-12(9)19-13/h1-4,10-11,16H,5-8,14H2. The number of nitrogens with zero attached hydrogens (tertiary/aromatic N) is 1. The molecular weight excluding hydrogens is 262 g/mol. The van der Waals surface area contributed by atoms with E-state index in [2.05, 4.69) is 16.5 Å². The van der Waals surface area contributed by atoms with Crippen molar-refractivity contribution in [2.24, 2.45) is 5.84 Å². The average Bonchev–Trinajstić information content (AvgIpc) is 2.88. The van der Waals surface area contributed by atoms with Gasteiger partial charge in [0.2, 0.25) is 0 Å². The van der Waals surface area contributed by atoms with Crippen molar-refractivity contribution in [1.29, 1.82) is 0 Å². The number of fused-ring (bicyclic) bond motifs is 1. The van der Waals surface area contributed by atoms with Crippen molar-refractivity contribution in [2.45, 2.75) is 18.6 Å². The first kappa shape index (κ1) is 13.0. The minimum absolute atomic E-state index is 0.00855. The molecule has 2 atom stereocenters. The quantitative estimate of drug-likeness (QED) is 0.647. The van der Waals surface area contributed by atoms with Gasteiger partial charge in [0, 0.05) is 6.42 Å². The van der Waals surface area contributed by atoms with Gasteiger partial charge in [0.25, 0.3) is 0 Å². The Balaban J connectivity index is 1.74. The van der Waals surface area contributed by atoms with Crippen LogP contribution in [0.5, 0.6) is 0 Å². The summed E-state index contributed by atoms with van der Waals surface area (Å²) in [6, 6.07) is 8.17. The van der Waals surface area contributed by atoms with Crippen LogP contribution in [-0.4, -0.2) is 37.0 Å². The van der Waals surface area contributed by atoms with Crippen molar-refractivity contribution in [1.82, 2.24) is 10.4 Å². The molecule has 2 aromatic rings. The van der Waals surface area contributed by atoms with Crippen LogP contribution < -0.4 is 11.3 Å². The molecule has 0 aliphatic carbocycles. The third-order valence-electron chi connectivity index (χ3n) is 3.24. The van der Waals surface area contributed by atoms with Gasteiger partial charge >= 0.3 is 0 Å². The number of nitrogens with one attached hydrogen (secondary N) is 1. The lowest BCUT2D eigenvalue weighted by Crippen LogP contribution is -2.50. The van der Waals surface area contributed by atoms with Crippen LogP contribution in [0.25, 0.3) is 10.2 Å². The first-order chi connectivity index (χ1) is 9.36. The summed E-state index contributed by atoms with van der Waals surface area (Å²) < 4.78 is 12.3. The minimum Gasteiger partial charge on any atom is -0.376 e. The van der Waals surface area contributed by atoms with Crippen LogP contribution in [0, 0.1) is 0 Å². The van der Waals surface area contributed by atoms with Gasteiger partial charge in [-0.2, -0.15) is 0 Å². The number of ether oxygens (including phenoxy) is 2. The highest BCUT2D eigenvalue weighted by Crippen LogP contribution is 2.23. The summed E-state index contributed by atoms with van der Waals surface area (Å²) in [6.45, 7) is 1.87. The van der Waals surface area contributed by atoms with Crippen LogP contribution in [0.3, 0.4) is 0 Å². The summed E-state index contributed by atoms with van der Waals surface area (Å²) in [4.78, 5) is 4.62. The van der Waals surface area contributed by atoms with Gasteiger partial charge in [0.1, 0.15) is 0 Å².